The van der Waals surface area contributed by atoms with Gasteiger partial charge in [-0.25, -0.2) is 0 Å². The SMILES string of the molecule is COCC(CNC(C)c1ccc([N+](=O)[O-])cc1)OC. The van der Waals surface area contributed by atoms with Crippen molar-refractivity contribution in [2.24, 2.45) is 0 Å². The van der Waals surface area contributed by atoms with E-state index < -0.39 is 4.92 Å². The van der Waals surface area contributed by atoms with Crippen LogP contribution in [0, 0.1) is 10.1 Å². The van der Waals surface area contributed by atoms with Crippen LogP contribution in [0.3, 0.4) is 0 Å². The lowest BCUT2D eigenvalue weighted by Gasteiger charge is -2.19. The maximum Gasteiger partial charge on any atom is 0.269 e. The number of benzene rings is 1. The van der Waals surface area contributed by atoms with E-state index in [1.54, 1.807) is 26.4 Å². The number of hydrogen-bond acceptors (Lipinski definition) is 5. The van der Waals surface area contributed by atoms with Crippen molar-refractivity contribution < 1.29 is 14.4 Å². The minimum atomic E-state index is -0.401. The highest BCUT2D eigenvalue weighted by Crippen LogP contribution is 2.17. The van der Waals surface area contributed by atoms with Crippen LogP contribution in [0.25, 0.3) is 0 Å². The number of hydrogen-bond donors (Lipinski definition) is 1. The first-order valence-electron chi connectivity index (χ1n) is 6.08. The molecular weight excluding hydrogens is 248 g/mol. The first-order valence-corrected chi connectivity index (χ1v) is 6.08. The molecule has 2 atom stereocenters. The molecule has 0 aromatic heterocycles. The first kappa shape index (κ1) is 15.6. The van der Waals surface area contributed by atoms with Gasteiger partial charge in [0.15, 0.2) is 0 Å². The Morgan fingerprint density at radius 3 is 2.42 bits per heavy atom. The monoisotopic (exact) mass is 268 g/mol. The summed E-state index contributed by atoms with van der Waals surface area (Å²) in [6, 6.07) is 6.63. The van der Waals surface area contributed by atoms with Crippen LogP contribution >= 0.6 is 0 Å². The van der Waals surface area contributed by atoms with Crippen LogP contribution < -0.4 is 5.32 Å². The largest absolute Gasteiger partial charge is 0.382 e. The number of ether oxygens (including phenoxy) is 2. The van der Waals surface area contributed by atoms with Crippen molar-refractivity contribution in [3.8, 4) is 0 Å². The molecule has 2 unspecified atom stereocenters. The van der Waals surface area contributed by atoms with Crippen molar-refractivity contribution in [2.75, 3.05) is 27.4 Å². The Labute approximate surface area is 112 Å². The summed E-state index contributed by atoms with van der Waals surface area (Å²) in [5, 5.41) is 13.9. The van der Waals surface area contributed by atoms with Crippen molar-refractivity contribution in [3.63, 3.8) is 0 Å². The topological polar surface area (TPSA) is 73.6 Å². The molecule has 0 aliphatic heterocycles. The van der Waals surface area contributed by atoms with E-state index in [-0.39, 0.29) is 17.8 Å². The molecule has 0 aliphatic carbocycles. The average Bonchev–Trinajstić information content (AvgIpc) is 2.43. The Bertz CT molecular complexity index is 394. The molecule has 1 rings (SSSR count). The van der Waals surface area contributed by atoms with Gasteiger partial charge in [-0.15, -0.1) is 0 Å². The molecule has 1 aromatic rings. The van der Waals surface area contributed by atoms with Gasteiger partial charge in [0.2, 0.25) is 0 Å². The summed E-state index contributed by atoms with van der Waals surface area (Å²) >= 11 is 0. The Kier molecular flexibility index (Phi) is 6.41. The molecule has 0 saturated heterocycles. The van der Waals surface area contributed by atoms with Crippen molar-refractivity contribution in [2.45, 2.75) is 19.1 Å². The Morgan fingerprint density at radius 1 is 1.32 bits per heavy atom. The molecule has 106 valence electrons. The molecule has 0 spiro atoms. The highest BCUT2D eigenvalue weighted by atomic mass is 16.6. The van der Waals surface area contributed by atoms with E-state index in [0.717, 1.165) is 5.56 Å². The highest BCUT2D eigenvalue weighted by Gasteiger charge is 2.11. The van der Waals surface area contributed by atoms with Crippen molar-refractivity contribution in [3.05, 3.63) is 39.9 Å². The second-order valence-corrected chi connectivity index (χ2v) is 4.29. The lowest BCUT2D eigenvalue weighted by Crippen LogP contribution is -2.33. The number of methoxy groups -OCH3 is 2. The van der Waals surface area contributed by atoms with Gasteiger partial charge in [0.25, 0.3) is 5.69 Å². The van der Waals surface area contributed by atoms with E-state index in [4.69, 9.17) is 9.47 Å². The maximum absolute atomic E-state index is 10.6. The number of rotatable bonds is 8. The molecule has 0 saturated carbocycles. The van der Waals surface area contributed by atoms with E-state index in [0.29, 0.717) is 13.2 Å². The molecule has 6 heteroatoms. The Morgan fingerprint density at radius 2 is 1.95 bits per heavy atom. The van der Waals surface area contributed by atoms with Gasteiger partial charge in [0, 0.05) is 38.9 Å². The summed E-state index contributed by atoms with van der Waals surface area (Å²) in [7, 11) is 3.27. The standard InChI is InChI=1S/C13H20N2O4/c1-10(14-8-13(19-3)9-18-2)11-4-6-12(7-5-11)15(16)17/h4-7,10,13-14H,8-9H2,1-3H3. The zero-order valence-electron chi connectivity index (χ0n) is 11.5. The number of nitrogens with zero attached hydrogens (tertiary/aromatic N) is 1. The van der Waals surface area contributed by atoms with Crippen LogP contribution in [0.1, 0.15) is 18.5 Å². The fourth-order valence-corrected chi connectivity index (χ4v) is 1.71. The van der Waals surface area contributed by atoms with Gasteiger partial charge in [0.05, 0.1) is 17.6 Å². The third-order valence-electron chi connectivity index (χ3n) is 2.94. The fraction of sp³-hybridized carbons (Fsp3) is 0.538. The fourth-order valence-electron chi connectivity index (χ4n) is 1.71. The minimum absolute atomic E-state index is 0.00880. The molecule has 6 nitrogen and oxygen atoms in total. The molecule has 0 aliphatic rings. The maximum atomic E-state index is 10.6. The molecular formula is C13H20N2O4. The molecule has 0 radical (unpaired) electrons. The molecule has 0 amide bonds. The van der Waals surface area contributed by atoms with E-state index in [2.05, 4.69) is 5.32 Å². The summed E-state index contributed by atoms with van der Waals surface area (Å²) in [6.45, 7) is 3.18. The van der Waals surface area contributed by atoms with Crippen LogP contribution in [-0.4, -0.2) is 38.4 Å². The number of nitrogens with one attached hydrogen (secondary N) is 1. The predicted molar refractivity (Wildman–Crippen MR) is 72.2 cm³/mol. The minimum Gasteiger partial charge on any atom is -0.382 e. The second-order valence-electron chi connectivity index (χ2n) is 4.29. The highest BCUT2D eigenvalue weighted by molar-refractivity contribution is 5.33. The van der Waals surface area contributed by atoms with Crippen molar-refractivity contribution in [1.82, 2.24) is 5.32 Å². The zero-order valence-corrected chi connectivity index (χ0v) is 11.5. The van der Waals surface area contributed by atoms with Gasteiger partial charge in [-0.3, -0.25) is 10.1 Å². The van der Waals surface area contributed by atoms with E-state index in [1.165, 1.54) is 12.1 Å². The summed E-state index contributed by atoms with van der Waals surface area (Å²) in [5.74, 6) is 0. The lowest BCUT2D eigenvalue weighted by atomic mass is 10.1. The average molecular weight is 268 g/mol. The Balaban J connectivity index is 2.53. The summed E-state index contributed by atoms with van der Waals surface area (Å²) in [5.41, 5.74) is 1.10. The summed E-state index contributed by atoms with van der Waals surface area (Å²) < 4.78 is 10.3. The third-order valence-corrected chi connectivity index (χ3v) is 2.94. The summed E-state index contributed by atoms with van der Waals surface area (Å²) in [6.07, 6.45) is -0.00880. The Hall–Kier alpha value is -1.50. The lowest BCUT2D eigenvalue weighted by molar-refractivity contribution is -0.384. The van der Waals surface area contributed by atoms with Gasteiger partial charge in [-0.1, -0.05) is 12.1 Å². The van der Waals surface area contributed by atoms with Gasteiger partial charge in [-0.2, -0.15) is 0 Å². The van der Waals surface area contributed by atoms with Gasteiger partial charge < -0.3 is 14.8 Å². The van der Waals surface area contributed by atoms with E-state index in [9.17, 15) is 10.1 Å². The number of non-ortho nitro benzene ring substituents is 1. The third kappa shape index (κ3) is 4.94. The molecule has 0 bridgehead atoms. The van der Waals surface area contributed by atoms with Crippen LogP contribution in [-0.2, 0) is 9.47 Å². The first-order chi connectivity index (χ1) is 9.08. The van der Waals surface area contributed by atoms with Gasteiger partial charge >= 0.3 is 0 Å². The normalized spacial score (nSPS) is 14.1. The quantitative estimate of drug-likeness (QED) is 0.576. The van der Waals surface area contributed by atoms with E-state index in [1.807, 2.05) is 6.92 Å². The molecule has 19 heavy (non-hydrogen) atoms. The van der Waals surface area contributed by atoms with E-state index >= 15 is 0 Å². The molecule has 0 fully saturated rings. The van der Waals surface area contributed by atoms with Crippen LogP contribution in [0.2, 0.25) is 0 Å². The van der Waals surface area contributed by atoms with Crippen LogP contribution in [0.4, 0.5) is 5.69 Å². The molecule has 1 aromatic carbocycles. The van der Waals surface area contributed by atoms with Gasteiger partial charge in [0.1, 0.15) is 0 Å². The molecule has 1 N–H and O–H groups in total. The van der Waals surface area contributed by atoms with Crippen LogP contribution in [0.5, 0.6) is 0 Å². The summed E-state index contributed by atoms with van der Waals surface area (Å²) in [4.78, 5) is 10.2. The smallest absolute Gasteiger partial charge is 0.269 e. The number of nitro groups is 1. The van der Waals surface area contributed by atoms with Gasteiger partial charge in [-0.05, 0) is 12.5 Å². The van der Waals surface area contributed by atoms with Crippen molar-refractivity contribution in [1.29, 1.82) is 0 Å². The molecule has 0 heterocycles. The van der Waals surface area contributed by atoms with Crippen LogP contribution in [0.15, 0.2) is 24.3 Å². The predicted octanol–water partition coefficient (Wildman–Crippen LogP) is 1.91. The van der Waals surface area contributed by atoms with Crippen molar-refractivity contribution >= 4 is 5.69 Å². The second kappa shape index (κ2) is 7.83. The zero-order chi connectivity index (χ0) is 14.3. The number of nitro benzene ring substituents is 1.